The Balaban J connectivity index is 1.57. The van der Waals surface area contributed by atoms with Crippen molar-refractivity contribution in [1.29, 1.82) is 5.26 Å². The Morgan fingerprint density at radius 2 is 1.92 bits per heavy atom. The maximum Gasteiger partial charge on any atom is 0.265 e. The van der Waals surface area contributed by atoms with Gasteiger partial charge in [0.05, 0.1) is 17.8 Å². The van der Waals surface area contributed by atoms with Gasteiger partial charge in [0.25, 0.3) is 5.95 Å². The summed E-state index contributed by atoms with van der Waals surface area (Å²) in [5.41, 5.74) is 6.58. The third-order valence-corrected chi connectivity index (χ3v) is 3.54. The quantitative estimate of drug-likeness (QED) is 0.447. The van der Waals surface area contributed by atoms with Gasteiger partial charge in [-0.05, 0) is 23.8 Å². The zero-order valence-corrected chi connectivity index (χ0v) is 12.4. The number of aromatic amines is 1. The lowest BCUT2D eigenvalue weighted by Crippen LogP contribution is -1.99. The van der Waals surface area contributed by atoms with Crippen molar-refractivity contribution in [3.8, 4) is 6.07 Å². The van der Waals surface area contributed by atoms with E-state index in [1.807, 2.05) is 36.4 Å². The zero-order valence-electron chi connectivity index (χ0n) is 12.4. The number of nitriles is 1. The number of para-hydroxylation sites is 1. The third kappa shape index (κ3) is 2.53. The van der Waals surface area contributed by atoms with Gasteiger partial charge in [-0.1, -0.05) is 30.3 Å². The number of aromatic nitrogens is 4. The van der Waals surface area contributed by atoms with Crippen molar-refractivity contribution in [2.24, 2.45) is 5.10 Å². The van der Waals surface area contributed by atoms with Gasteiger partial charge in [0.2, 0.25) is 0 Å². The number of hydrogen-bond donors (Lipinski definition) is 2. The largest absolute Gasteiger partial charge is 0.338 e. The molecule has 0 saturated carbocycles. The molecule has 0 aliphatic carbocycles. The highest BCUT2D eigenvalue weighted by Crippen LogP contribution is 2.21. The fraction of sp³-hybridized carbons (Fsp3) is 0. The van der Waals surface area contributed by atoms with E-state index in [1.54, 1.807) is 18.3 Å². The van der Waals surface area contributed by atoms with E-state index < -0.39 is 0 Å². The third-order valence-electron chi connectivity index (χ3n) is 3.54. The van der Waals surface area contributed by atoms with Crippen LogP contribution in [0.2, 0.25) is 0 Å². The minimum absolute atomic E-state index is 0.305. The maximum atomic E-state index is 8.77. The van der Waals surface area contributed by atoms with Crippen molar-refractivity contribution in [2.75, 3.05) is 5.43 Å². The molecule has 2 aromatic heterocycles. The van der Waals surface area contributed by atoms with E-state index in [1.165, 1.54) is 0 Å². The van der Waals surface area contributed by atoms with Gasteiger partial charge in [0.1, 0.15) is 5.52 Å². The number of hydrogen-bond acceptors (Lipinski definition) is 6. The molecule has 24 heavy (non-hydrogen) atoms. The average molecular weight is 313 g/mol. The lowest BCUT2D eigenvalue weighted by atomic mass is 10.2. The number of rotatable bonds is 3. The molecule has 0 aliphatic heterocycles. The van der Waals surface area contributed by atoms with E-state index in [0.29, 0.717) is 17.2 Å². The normalized spacial score (nSPS) is 11.1. The van der Waals surface area contributed by atoms with Crippen molar-refractivity contribution >= 4 is 34.2 Å². The van der Waals surface area contributed by atoms with Crippen molar-refractivity contribution in [3.05, 3.63) is 59.7 Å². The molecule has 7 heteroatoms. The molecule has 2 N–H and O–H groups in total. The molecule has 0 radical (unpaired) electrons. The van der Waals surface area contributed by atoms with Crippen LogP contribution in [0, 0.1) is 11.3 Å². The summed E-state index contributed by atoms with van der Waals surface area (Å²) < 4.78 is 0. The summed E-state index contributed by atoms with van der Waals surface area (Å²) >= 11 is 0. The van der Waals surface area contributed by atoms with Gasteiger partial charge in [-0.15, -0.1) is 10.2 Å². The van der Waals surface area contributed by atoms with Crippen LogP contribution in [0.15, 0.2) is 53.6 Å². The summed E-state index contributed by atoms with van der Waals surface area (Å²) in [6.45, 7) is 0. The maximum absolute atomic E-state index is 8.77. The molecule has 0 unspecified atom stereocenters. The number of nitrogens with zero attached hydrogens (tertiary/aromatic N) is 5. The van der Waals surface area contributed by atoms with Crippen LogP contribution in [0.25, 0.3) is 22.1 Å². The SMILES string of the molecule is N#Cc1ccc(C=NNc2nnc3c(n2)[nH]c2ccccc23)cc1. The van der Waals surface area contributed by atoms with Crippen LogP contribution in [0.5, 0.6) is 0 Å². The Hall–Kier alpha value is -3.79. The van der Waals surface area contributed by atoms with Gasteiger partial charge in [-0.2, -0.15) is 15.3 Å². The topological polar surface area (TPSA) is 103 Å². The number of hydrazone groups is 1. The molecule has 114 valence electrons. The first kappa shape index (κ1) is 13.8. The van der Waals surface area contributed by atoms with Crippen molar-refractivity contribution in [3.63, 3.8) is 0 Å². The second-order valence-electron chi connectivity index (χ2n) is 5.11. The summed E-state index contributed by atoms with van der Waals surface area (Å²) in [6.07, 6.45) is 1.62. The first-order valence-corrected chi connectivity index (χ1v) is 7.24. The van der Waals surface area contributed by atoms with E-state index in [4.69, 9.17) is 5.26 Å². The fourth-order valence-electron chi connectivity index (χ4n) is 2.38. The van der Waals surface area contributed by atoms with Gasteiger partial charge in [-0.25, -0.2) is 5.43 Å². The van der Waals surface area contributed by atoms with Gasteiger partial charge >= 0.3 is 0 Å². The summed E-state index contributed by atoms with van der Waals surface area (Å²) in [5, 5.41) is 22.1. The summed E-state index contributed by atoms with van der Waals surface area (Å²) in [7, 11) is 0. The molecule has 0 atom stereocenters. The average Bonchev–Trinajstić information content (AvgIpc) is 3.00. The Morgan fingerprint density at radius 1 is 1.08 bits per heavy atom. The number of anilines is 1. The first-order valence-electron chi connectivity index (χ1n) is 7.24. The summed E-state index contributed by atoms with van der Waals surface area (Å²) in [5.74, 6) is 0.305. The van der Waals surface area contributed by atoms with Gasteiger partial charge in [-0.3, -0.25) is 0 Å². The lowest BCUT2D eigenvalue weighted by Gasteiger charge is -1.97. The predicted molar refractivity (Wildman–Crippen MR) is 91.6 cm³/mol. The van der Waals surface area contributed by atoms with Crippen molar-refractivity contribution in [2.45, 2.75) is 0 Å². The van der Waals surface area contributed by atoms with Crippen LogP contribution in [-0.4, -0.2) is 26.4 Å². The molecule has 0 bridgehead atoms. The Bertz CT molecular complexity index is 1090. The highest BCUT2D eigenvalue weighted by Gasteiger charge is 2.07. The molecule has 0 amide bonds. The molecule has 0 saturated heterocycles. The van der Waals surface area contributed by atoms with Gasteiger partial charge in [0, 0.05) is 10.9 Å². The molecule has 0 aliphatic rings. The monoisotopic (exact) mass is 313 g/mol. The van der Waals surface area contributed by atoms with Crippen LogP contribution >= 0.6 is 0 Å². The highest BCUT2D eigenvalue weighted by molar-refractivity contribution is 6.03. The number of nitrogens with one attached hydrogen (secondary N) is 2. The minimum Gasteiger partial charge on any atom is -0.338 e. The molecule has 4 rings (SSSR count). The molecule has 4 aromatic rings. The number of H-pyrrole nitrogens is 1. The first-order chi connectivity index (χ1) is 11.8. The molecule has 0 fully saturated rings. The molecule has 7 nitrogen and oxygen atoms in total. The number of fused-ring (bicyclic) bond motifs is 3. The second-order valence-corrected chi connectivity index (χ2v) is 5.11. The van der Waals surface area contributed by atoms with E-state index in [0.717, 1.165) is 22.0 Å². The standard InChI is InChI=1S/C17H11N7/c18-9-11-5-7-12(8-6-11)10-19-23-17-21-16-15(22-24-17)13-3-1-2-4-14(13)20-16/h1-8,10H,(H2,20,21,23,24). The van der Waals surface area contributed by atoms with Crippen LogP contribution in [0.1, 0.15) is 11.1 Å². The number of benzene rings is 2. The minimum atomic E-state index is 0.305. The van der Waals surface area contributed by atoms with E-state index in [9.17, 15) is 0 Å². The van der Waals surface area contributed by atoms with E-state index >= 15 is 0 Å². The fourth-order valence-corrected chi connectivity index (χ4v) is 2.38. The van der Waals surface area contributed by atoms with Crippen LogP contribution in [-0.2, 0) is 0 Å². The molecular formula is C17H11N7. The van der Waals surface area contributed by atoms with E-state index in [-0.39, 0.29) is 0 Å². The van der Waals surface area contributed by atoms with Crippen molar-refractivity contribution in [1.82, 2.24) is 20.2 Å². The molecule has 2 aromatic carbocycles. The predicted octanol–water partition coefficient (Wildman–Crippen LogP) is 2.82. The zero-order chi connectivity index (χ0) is 16.4. The van der Waals surface area contributed by atoms with Crippen LogP contribution < -0.4 is 5.43 Å². The van der Waals surface area contributed by atoms with E-state index in [2.05, 4.69) is 36.8 Å². The highest BCUT2D eigenvalue weighted by atomic mass is 15.4. The second kappa shape index (κ2) is 5.78. The molecule has 0 spiro atoms. The van der Waals surface area contributed by atoms with Crippen molar-refractivity contribution < 1.29 is 0 Å². The lowest BCUT2D eigenvalue weighted by molar-refractivity contribution is 1.01. The van der Waals surface area contributed by atoms with Gasteiger partial charge in [0.15, 0.2) is 5.65 Å². The Morgan fingerprint density at radius 3 is 2.75 bits per heavy atom. The van der Waals surface area contributed by atoms with Crippen LogP contribution in [0.3, 0.4) is 0 Å². The Kier molecular flexibility index (Phi) is 3.33. The molecule has 2 heterocycles. The summed E-state index contributed by atoms with van der Waals surface area (Å²) in [4.78, 5) is 7.58. The van der Waals surface area contributed by atoms with Crippen LogP contribution in [0.4, 0.5) is 5.95 Å². The smallest absolute Gasteiger partial charge is 0.265 e. The van der Waals surface area contributed by atoms with Gasteiger partial charge < -0.3 is 4.98 Å². The Labute approximate surface area is 136 Å². The molecular weight excluding hydrogens is 302 g/mol. The summed E-state index contributed by atoms with van der Waals surface area (Å²) in [6, 6.07) is 17.0.